The minimum atomic E-state index is -0.917. The van der Waals surface area contributed by atoms with Crippen LogP contribution in [-0.4, -0.2) is 59.3 Å². The molecule has 0 spiro atoms. The summed E-state index contributed by atoms with van der Waals surface area (Å²) in [5.74, 6) is -1.55. The van der Waals surface area contributed by atoms with Crippen molar-refractivity contribution < 1.29 is 33.3 Å². The number of hydrogen-bond acceptors (Lipinski definition) is 9. The molecule has 8 nitrogen and oxygen atoms in total. The van der Waals surface area contributed by atoms with E-state index in [9.17, 15) is 14.4 Å². The van der Waals surface area contributed by atoms with Crippen LogP contribution in [0.1, 0.15) is 33.6 Å². The summed E-state index contributed by atoms with van der Waals surface area (Å²) in [6.45, 7) is 7.38. The summed E-state index contributed by atoms with van der Waals surface area (Å²) in [6.07, 6.45) is 0.762. The van der Waals surface area contributed by atoms with Gasteiger partial charge in [-0.15, -0.1) is 6.58 Å². The largest absolute Gasteiger partial charge is 0.463 e. The van der Waals surface area contributed by atoms with Gasteiger partial charge < -0.3 is 18.9 Å². The first kappa shape index (κ1) is 20.4. The molecule has 1 saturated heterocycles. The molecule has 0 radical (unpaired) electrons. The lowest BCUT2D eigenvalue weighted by atomic mass is 9.97. The maximum Gasteiger partial charge on any atom is 0.303 e. The van der Waals surface area contributed by atoms with Crippen molar-refractivity contribution in [1.82, 2.24) is 0 Å². The number of aliphatic imine (C=N–C) groups is 1. The van der Waals surface area contributed by atoms with Gasteiger partial charge in [0, 0.05) is 20.8 Å². The van der Waals surface area contributed by atoms with Crippen molar-refractivity contribution in [3.8, 4) is 0 Å². The summed E-state index contributed by atoms with van der Waals surface area (Å²) < 4.78 is 21.8. The molecule has 2 unspecified atom stereocenters. The molecule has 2 aliphatic rings. The number of fused-ring (bicyclic) bond motifs is 1. The number of allylic oxidation sites excluding steroid dienone is 1. The van der Waals surface area contributed by atoms with Gasteiger partial charge in [-0.05, 0) is 12.8 Å². The first-order chi connectivity index (χ1) is 12.3. The fourth-order valence-corrected chi connectivity index (χ4v) is 4.04. The molecule has 144 valence electrons. The third-order valence-electron chi connectivity index (χ3n) is 3.78. The molecule has 9 heteroatoms. The van der Waals surface area contributed by atoms with Gasteiger partial charge in [0.05, 0.1) is 5.04 Å². The van der Waals surface area contributed by atoms with Crippen LogP contribution in [0.4, 0.5) is 0 Å². The summed E-state index contributed by atoms with van der Waals surface area (Å²) in [7, 11) is 0. The number of carbonyl (C=O) groups excluding carboxylic acids is 3. The van der Waals surface area contributed by atoms with Crippen molar-refractivity contribution in [2.24, 2.45) is 4.99 Å². The molecule has 2 rings (SSSR count). The molecule has 5 atom stereocenters. The van der Waals surface area contributed by atoms with E-state index in [0.717, 1.165) is 11.5 Å². The second-order valence-electron chi connectivity index (χ2n) is 5.95. The number of hydrogen-bond donors (Lipinski definition) is 0. The zero-order valence-electron chi connectivity index (χ0n) is 15.0. The van der Waals surface area contributed by atoms with E-state index in [1.165, 1.54) is 32.5 Å². The normalized spacial score (nSPS) is 30.0. The highest BCUT2D eigenvalue weighted by atomic mass is 32.2. The Morgan fingerprint density at radius 2 is 1.81 bits per heavy atom. The Bertz CT molecular complexity index is 606. The molecule has 2 aliphatic heterocycles. The fourth-order valence-electron chi connectivity index (χ4n) is 2.80. The summed E-state index contributed by atoms with van der Waals surface area (Å²) in [5, 5.41) is 0.853. The van der Waals surface area contributed by atoms with Crippen LogP contribution in [0.25, 0.3) is 0 Å². The van der Waals surface area contributed by atoms with E-state index in [2.05, 4.69) is 11.6 Å². The van der Waals surface area contributed by atoms with Crippen LogP contribution in [0.15, 0.2) is 17.6 Å². The highest BCUT2D eigenvalue weighted by molar-refractivity contribution is 8.14. The summed E-state index contributed by atoms with van der Waals surface area (Å²) >= 11 is 1.43. The monoisotopic (exact) mass is 385 g/mol. The van der Waals surface area contributed by atoms with Gasteiger partial charge in [-0.3, -0.25) is 19.4 Å². The topological polar surface area (TPSA) is 100 Å². The number of carbonyl (C=O) groups is 3. The van der Waals surface area contributed by atoms with Gasteiger partial charge >= 0.3 is 17.9 Å². The zero-order valence-corrected chi connectivity index (χ0v) is 15.8. The second-order valence-corrected chi connectivity index (χ2v) is 7.12. The third-order valence-corrected chi connectivity index (χ3v) is 4.98. The molecule has 0 aromatic heterocycles. The Morgan fingerprint density at radius 1 is 1.15 bits per heavy atom. The molecular formula is C17H23NO7S. The van der Waals surface area contributed by atoms with E-state index >= 15 is 0 Å². The molecule has 0 aliphatic carbocycles. The van der Waals surface area contributed by atoms with Crippen molar-refractivity contribution in [3.63, 3.8) is 0 Å². The van der Waals surface area contributed by atoms with E-state index in [0.29, 0.717) is 6.42 Å². The maximum absolute atomic E-state index is 11.6. The summed E-state index contributed by atoms with van der Waals surface area (Å²) in [5.41, 5.74) is -0.411. The molecule has 0 aromatic carbocycles. The Kier molecular flexibility index (Phi) is 7.22. The number of esters is 3. The molecule has 0 aromatic rings. The SMILES string of the molecule is C=CCCC1=NC2C(O[C@H](COC(C)=O)[C@@H](OC(C)=O)[C@@H]2OC(C)=O)S1. The molecule has 0 N–H and O–H groups in total. The minimum absolute atomic E-state index is 0.114. The van der Waals surface area contributed by atoms with Crippen LogP contribution < -0.4 is 0 Å². The summed E-state index contributed by atoms with van der Waals surface area (Å²) in [4.78, 5) is 38.9. The zero-order chi connectivity index (χ0) is 19.3. The Labute approximate surface area is 156 Å². The quantitative estimate of drug-likeness (QED) is 0.370. The molecule has 0 amide bonds. The van der Waals surface area contributed by atoms with Crippen LogP contribution in [0.2, 0.25) is 0 Å². The van der Waals surface area contributed by atoms with E-state index in [-0.39, 0.29) is 6.61 Å². The molecule has 2 heterocycles. The smallest absolute Gasteiger partial charge is 0.303 e. The Balaban J connectivity index is 2.26. The van der Waals surface area contributed by atoms with Gasteiger partial charge in [-0.2, -0.15) is 0 Å². The van der Waals surface area contributed by atoms with E-state index in [1.54, 1.807) is 6.08 Å². The third kappa shape index (κ3) is 5.31. The Morgan fingerprint density at radius 3 is 2.38 bits per heavy atom. The van der Waals surface area contributed by atoms with Crippen LogP contribution in [0, 0.1) is 0 Å². The van der Waals surface area contributed by atoms with Gasteiger partial charge in [0.1, 0.15) is 24.2 Å². The van der Waals surface area contributed by atoms with Crippen LogP contribution >= 0.6 is 11.8 Å². The van der Waals surface area contributed by atoms with Crippen molar-refractivity contribution >= 4 is 34.7 Å². The summed E-state index contributed by atoms with van der Waals surface area (Å²) in [6, 6.07) is -0.498. The van der Waals surface area contributed by atoms with Crippen molar-refractivity contribution in [1.29, 1.82) is 0 Å². The molecular weight excluding hydrogens is 362 g/mol. The molecule has 26 heavy (non-hydrogen) atoms. The number of thioether (sulfide) groups is 1. The maximum atomic E-state index is 11.6. The number of ether oxygens (including phenoxy) is 4. The van der Waals surface area contributed by atoms with E-state index in [4.69, 9.17) is 18.9 Å². The van der Waals surface area contributed by atoms with Gasteiger partial charge in [-0.1, -0.05) is 17.8 Å². The van der Waals surface area contributed by atoms with Gasteiger partial charge in [-0.25, -0.2) is 0 Å². The lowest BCUT2D eigenvalue weighted by molar-refractivity contribution is -0.208. The number of nitrogens with zero attached hydrogens (tertiary/aromatic N) is 1. The standard InChI is InChI=1S/C17H23NO7S/c1-5-6-7-13-18-14-16(24-11(4)21)15(23-10(3)20)12(8-22-9(2)19)25-17(14)26-13/h5,12,14-17H,1,6-8H2,2-4H3/t12-,14?,15-,16-,17?/m1/s1. The highest BCUT2D eigenvalue weighted by Crippen LogP contribution is 2.40. The van der Waals surface area contributed by atoms with Crippen LogP contribution in [0.3, 0.4) is 0 Å². The van der Waals surface area contributed by atoms with Crippen molar-refractivity contribution in [2.75, 3.05) is 6.61 Å². The van der Waals surface area contributed by atoms with Crippen molar-refractivity contribution in [3.05, 3.63) is 12.7 Å². The average molecular weight is 385 g/mol. The van der Waals surface area contributed by atoms with Crippen LogP contribution in [-0.2, 0) is 33.3 Å². The predicted octanol–water partition coefficient (Wildman–Crippen LogP) is 1.62. The fraction of sp³-hybridized carbons (Fsp3) is 0.647. The molecule has 1 fully saturated rings. The molecule has 0 saturated carbocycles. The Hall–Kier alpha value is -1.87. The first-order valence-corrected chi connectivity index (χ1v) is 9.17. The highest BCUT2D eigenvalue weighted by Gasteiger charge is 2.52. The minimum Gasteiger partial charge on any atom is -0.463 e. The predicted molar refractivity (Wildman–Crippen MR) is 94.6 cm³/mol. The molecule has 0 bridgehead atoms. The lowest BCUT2D eigenvalue weighted by Crippen LogP contribution is -2.59. The van der Waals surface area contributed by atoms with Crippen molar-refractivity contribution in [2.45, 2.75) is 63.4 Å². The van der Waals surface area contributed by atoms with Crippen LogP contribution in [0.5, 0.6) is 0 Å². The van der Waals surface area contributed by atoms with Gasteiger partial charge in [0.25, 0.3) is 0 Å². The first-order valence-electron chi connectivity index (χ1n) is 8.29. The number of rotatable bonds is 7. The van der Waals surface area contributed by atoms with Gasteiger partial charge in [0.15, 0.2) is 12.2 Å². The van der Waals surface area contributed by atoms with Gasteiger partial charge in [0.2, 0.25) is 0 Å². The van der Waals surface area contributed by atoms with E-state index in [1.807, 2.05) is 0 Å². The lowest BCUT2D eigenvalue weighted by Gasteiger charge is -2.41. The average Bonchev–Trinajstić information content (AvgIpc) is 2.95. The van der Waals surface area contributed by atoms with E-state index < -0.39 is 47.7 Å². The second kappa shape index (κ2) is 9.18.